The Bertz CT molecular complexity index is 773. The van der Waals surface area contributed by atoms with Crippen LogP contribution in [-0.2, 0) is 23.8 Å². The number of carbonyl (C=O) groups is 2. The summed E-state index contributed by atoms with van der Waals surface area (Å²) < 4.78 is 16.0. The topological polar surface area (TPSA) is 100 Å². The Kier molecular flexibility index (Phi) is 7.92. The van der Waals surface area contributed by atoms with E-state index >= 15 is 0 Å². The summed E-state index contributed by atoms with van der Waals surface area (Å²) in [6.07, 6.45) is 1.97. The Morgan fingerprint density at radius 2 is 1.71 bits per heavy atom. The minimum absolute atomic E-state index is 0.0126. The molecule has 2 rings (SSSR count). The van der Waals surface area contributed by atoms with Crippen LogP contribution in [0.15, 0.2) is 45.5 Å². The van der Waals surface area contributed by atoms with E-state index in [1.54, 1.807) is 32.5 Å². The molecule has 0 amide bonds. The van der Waals surface area contributed by atoms with Crippen LogP contribution in [0, 0.1) is 5.92 Å². The van der Waals surface area contributed by atoms with Crippen LogP contribution in [0.5, 0.6) is 0 Å². The minimum atomic E-state index is -0.924. The number of benzene rings is 1. The predicted molar refractivity (Wildman–Crippen MR) is 108 cm³/mol. The third-order valence-corrected chi connectivity index (χ3v) is 4.96. The van der Waals surface area contributed by atoms with Gasteiger partial charge in [0.05, 0.1) is 25.4 Å². The maximum Gasteiger partial charge on any atom is 0.338 e. The molecule has 1 heterocycles. The summed E-state index contributed by atoms with van der Waals surface area (Å²) in [5.41, 5.74) is 6.98. The van der Waals surface area contributed by atoms with Crippen molar-refractivity contribution in [2.24, 2.45) is 16.6 Å². The Balaban J connectivity index is 2.64. The van der Waals surface area contributed by atoms with Gasteiger partial charge in [0.25, 0.3) is 0 Å². The van der Waals surface area contributed by atoms with Gasteiger partial charge in [0.15, 0.2) is 0 Å². The van der Waals surface area contributed by atoms with Crippen molar-refractivity contribution in [3.8, 4) is 0 Å². The first-order chi connectivity index (χ1) is 13.5. The molecule has 0 radical (unpaired) electrons. The molecule has 28 heavy (non-hydrogen) atoms. The first kappa shape index (κ1) is 21.8. The standard InChI is InChI=1S/C20H26N2O5S/c1-5-25-18-16(20(24)27-7-3)14(12-8-10-13(28-4)11-9-12)15(17(21)22-18)19(23)26-6-2/h8-11,14,16H,5-7,21H2,1-4H3. The average molecular weight is 407 g/mol. The van der Waals surface area contributed by atoms with Crippen LogP contribution in [0.25, 0.3) is 0 Å². The smallest absolute Gasteiger partial charge is 0.338 e. The normalized spacial score (nSPS) is 19.1. The van der Waals surface area contributed by atoms with Crippen molar-refractivity contribution in [2.75, 3.05) is 26.1 Å². The lowest BCUT2D eigenvalue weighted by Gasteiger charge is -2.31. The Morgan fingerprint density at radius 3 is 2.25 bits per heavy atom. The summed E-state index contributed by atoms with van der Waals surface area (Å²) in [5, 5.41) is 0. The van der Waals surface area contributed by atoms with E-state index in [2.05, 4.69) is 4.99 Å². The van der Waals surface area contributed by atoms with Crippen LogP contribution in [0.2, 0.25) is 0 Å². The van der Waals surface area contributed by atoms with E-state index < -0.39 is 23.8 Å². The number of nitrogens with two attached hydrogens (primary N) is 1. The molecule has 0 bridgehead atoms. The van der Waals surface area contributed by atoms with Crippen molar-refractivity contribution in [3.05, 3.63) is 41.2 Å². The molecule has 2 N–H and O–H groups in total. The zero-order chi connectivity index (χ0) is 20.7. The zero-order valence-electron chi connectivity index (χ0n) is 16.6. The number of hydrogen-bond donors (Lipinski definition) is 1. The van der Waals surface area contributed by atoms with E-state index in [0.29, 0.717) is 6.61 Å². The molecule has 7 nitrogen and oxygen atoms in total. The SMILES string of the molecule is CCOC(=O)C1=C(N)N=C(OCC)C(C(=O)OCC)C1c1ccc(SC)cc1. The molecule has 1 aromatic carbocycles. The van der Waals surface area contributed by atoms with Gasteiger partial charge in [-0.3, -0.25) is 4.79 Å². The van der Waals surface area contributed by atoms with Crippen LogP contribution in [0.4, 0.5) is 0 Å². The zero-order valence-corrected chi connectivity index (χ0v) is 17.4. The molecule has 0 spiro atoms. The average Bonchev–Trinajstić information content (AvgIpc) is 2.68. The Hall–Kier alpha value is -2.48. The molecule has 152 valence electrons. The minimum Gasteiger partial charge on any atom is -0.480 e. The van der Waals surface area contributed by atoms with Crippen molar-refractivity contribution in [1.29, 1.82) is 0 Å². The summed E-state index contributed by atoms with van der Waals surface area (Å²) in [7, 11) is 0. The molecular weight excluding hydrogens is 380 g/mol. The third-order valence-electron chi connectivity index (χ3n) is 4.22. The number of carbonyl (C=O) groups excluding carboxylic acids is 2. The van der Waals surface area contributed by atoms with Crippen LogP contribution in [-0.4, -0.2) is 43.9 Å². The monoisotopic (exact) mass is 406 g/mol. The Morgan fingerprint density at radius 1 is 1.07 bits per heavy atom. The molecule has 1 aliphatic heterocycles. The summed E-state index contributed by atoms with van der Waals surface area (Å²) in [6.45, 7) is 5.89. The molecule has 8 heteroatoms. The molecular formula is C20H26N2O5S. The molecule has 2 unspecified atom stereocenters. The Labute approximate surface area is 169 Å². The lowest BCUT2D eigenvalue weighted by atomic mass is 9.78. The first-order valence-corrected chi connectivity index (χ1v) is 10.4. The fraction of sp³-hybridized carbons (Fsp3) is 0.450. The van der Waals surface area contributed by atoms with Gasteiger partial charge in [-0.2, -0.15) is 4.99 Å². The third kappa shape index (κ3) is 4.67. The van der Waals surface area contributed by atoms with Crippen molar-refractivity contribution >= 4 is 29.6 Å². The molecule has 0 aromatic heterocycles. The summed E-state index contributed by atoms with van der Waals surface area (Å²) >= 11 is 1.60. The van der Waals surface area contributed by atoms with Crippen molar-refractivity contribution in [3.63, 3.8) is 0 Å². The van der Waals surface area contributed by atoms with Gasteiger partial charge in [0.2, 0.25) is 5.90 Å². The van der Waals surface area contributed by atoms with Gasteiger partial charge < -0.3 is 19.9 Å². The highest BCUT2D eigenvalue weighted by Gasteiger charge is 2.45. The predicted octanol–water partition coefficient (Wildman–Crippen LogP) is 2.85. The lowest BCUT2D eigenvalue weighted by Crippen LogP contribution is -2.40. The molecule has 1 aromatic rings. The number of rotatable bonds is 7. The van der Waals surface area contributed by atoms with E-state index in [1.807, 2.05) is 30.5 Å². The maximum atomic E-state index is 12.8. The fourth-order valence-corrected chi connectivity index (χ4v) is 3.47. The van der Waals surface area contributed by atoms with Crippen molar-refractivity contribution in [1.82, 2.24) is 0 Å². The quantitative estimate of drug-likeness (QED) is 0.549. The first-order valence-electron chi connectivity index (χ1n) is 9.17. The molecule has 0 saturated carbocycles. The highest BCUT2D eigenvalue weighted by molar-refractivity contribution is 7.98. The highest BCUT2D eigenvalue weighted by atomic mass is 32.2. The number of esters is 2. The van der Waals surface area contributed by atoms with E-state index in [4.69, 9.17) is 19.9 Å². The number of hydrogen-bond acceptors (Lipinski definition) is 8. The van der Waals surface area contributed by atoms with Gasteiger partial charge in [-0.15, -0.1) is 11.8 Å². The van der Waals surface area contributed by atoms with Crippen LogP contribution in [0.3, 0.4) is 0 Å². The van der Waals surface area contributed by atoms with E-state index in [0.717, 1.165) is 10.5 Å². The molecule has 0 saturated heterocycles. The van der Waals surface area contributed by atoms with Gasteiger partial charge in [-0.1, -0.05) is 12.1 Å². The van der Waals surface area contributed by atoms with Crippen LogP contribution >= 0.6 is 11.8 Å². The van der Waals surface area contributed by atoms with E-state index in [9.17, 15) is 9.59 Å². The molecule has 1 aliphatic rings. The molecule has 2 atom stereocenters. The second-order valence-electron chi connectivity index (χ2n) is 5.88. The van der Waals surface area contributed by atoms with Gasteiger partial charge in [-0.05, 0) is 44.7 Å². The van der Waals surface area contributed by atoms with Gasteiger partial charge in [0, 0.05) is 10.8 Å². The van der Waals surface area contributed by atoms with E-state index in [-0.39, 0.29) is 30.5 Å². The number of aliphatic imine (C=N–C) groups is 1. The van der Waals surface area contributed by atoms with Crippen molar-refractivity contribution < 1.29 is 23.8 Å². The summed E-state index contributed by atoms with van der Waals surface area (Å²) in [4.78, 5) is 30.8. The second-order valence-corrected chi connectivity index (χ2v) is 6.76. The van der Waals surface area contributed by atoms with Crippen molar-refractivity contribution in [2.45, 2.75) is 31.6 Å². The van der Waals surface area contributed by atoms with Gasteiger partial charge in [-0.25, -0.2) is 4.79 Å². The number of nitrogens with zero attached hydrogens (tertiary/aromatic N) is 1. The van der Waals surface area contributed by atoms with Crippen LogP contribution < -0.4 is 5.73 Å². The summed E-state index contributed by atoms with van der Waals surface area (Å²) in [5.74, 6) is -2.64. The largest absolute Gasteiger partial charge is 0.480 e. The van der Waals surface area contributed by atoms with Crippen LogP contribution in [0.1, 0.15) is 32.3 Å². The lowest BCUT2D eigenvalue weighted by molar-refractivity contribution is -0.146. The maximum absolute atomic E-state index is 12.8. The van der Waals surface area contributed by atoms with Gasteiger partial charge >= 0.3 is 11.9 Å². The van der Waals surface area contributed by atoms with E-state index in [1.165, 1.54) is 0 Å². The highest BCUT2D eigenvalue weighted by Crippen LogP contribution is 2.39. The summed E-state index contributed by atoms with van der Waals surface area (Å²) in [6, 6.07) is 7.58. The second kappa shape index (κ2) is 10.2. The number of thioether (sulfide) groups is 1. The fourth-order valence-electron chi connectivity index (χ4n) is 3.07. The van der Waals surface area contributed by atoms with Gasteiger partial charge in [0.1, 0.15) is 11.7 Å². The molecule has 0 aliphatic carbocycles. The number of ether oxygens (including phenoxy) is 3. The molecule has 0 fully saturated rings.